The van der Waals surface area contributed by atoms with Gasteiger partial charge in [0.15, 0.2) is 11.6 Å². The van der Waals surface area contributed by atoms with Crippen LogP contribution in [0.25, 0.3) is 0 Å². The third-order valence-corrected chi connectivity index (χ3v) is 6.00. The van der Waals surface area contributed by atoms with Gasteiger partial charge < -0.3 is 9.47 Å². The molecule has 8 nitrogen and oxygen atoms in total. The van der Waals surface area contributed by atoms with Crippen LogP contribution < -0.4 is 14.2 Å². The number of aromatic nitrogens is 2. The van der Waals surface area contributed by atoms with Crippen molar-refractivity contribution in [1.29, 1.82) is 5.26 Å². The molecule has 0 saturated heterocycles. The third kappa shape index (κ3) is 4.55. The maximum Gasteiger partial charge on any atom is 0.251 e. The molecule has 1 aromatic carbocycles. The second-order valence-corrected chi connectivity index (χ2v) is 8.05. The van der Waals surface area contributed by atoms with Crippen molar-refractivity contribution in [2.24, 2.45) is 0 Å². The zero-order chi connectivity index (χ0) is 20.1. The van der Waals surface area contributed by atoms with Gasteiger partial charge in [-0.3, -0.25) is 0 Å². The number of benzene rings is 1. The van der Waals surface area contributed by atoms with Gasteiger partial charge in [0, 0.05) is 18.4 Å². The Bertz CT molecular complexity index is 985. The summed E-state index contributed by atoms with van der Waals surface area (Å²) in [5.41, 5.74) is 0.117. The van der Waals surface area contributed by atoms with Crippen LogP contribution in [0.1, 0.15) is 31.4 Å². The van der Waals surface area contributed by atoms with Crippen LogP contribution in [0.3, 0.4) is 0 Å². The number of sulfonamides is 1. The van der Waals surface area contributed by atoms with Crippen molar-refractivity contribution in [3.8, 4) is 17.7 Å². The maximum absolute atomic E-state index is 13.8. The first-order chi connectivity index (χ1) is 13.4. The van der Waals surface area contributed by atoms with Gasteiger partial charge in [0.05, 0.1) is 12.0 Å². The highest BCUT2D eigenvalue weighted by Crippen LogP contribution is 2.26. The summed E-state index contributed by atoms with van der Waals surface area (Å²) in [7, 11) is -2.53. The van der Waals surface area contributed by atoms with Gasteiger partial charge in [-0.1, -0.05) is 0 Å². The molecule has 3 rings (SSSR count). The first-order valence-corrected chi connectivity index (χ1v) is 10.1. The predicted molar refractivity (Wildman–Crippen MR) is 96.7 cm³/mol. The smallest absolute Gasteiger partial charge is 0.251 e. The largest absolute Gasteiger partial charge is 0.494 e. The molecule has 1 saturated carbocycles. The summed E-state index contributed by atoms with van der Waals surface area (Å²) in [6.07, 6.45) is 4.96. The summed E-state index contributed by atoms with van der Waals surface area (Å²) in [6.45, 7) is 0. The van der Waals surface area contributed by atoms with Crippen LogP contribution >= 0.6 is 0 Å². The normalized spacial score (nSPS) is 19.6. The van der Waals surface area contributed by atoms with E-state index in [0.717, 1.165) is 6.07 Å². The number of hydrogen-bond acceptors (Lipinski definition) is 7. The van der Waals surface area contributed by atoms with Crippen LogP contribution in [0.2, 0.25) is 0 Å². The van der Waals surface area contributed by atoms with Crippen molar-refractivity contribution >= 4 is 10.0 Å². The highest BCUT2D eigenvalue weighted by Gasteiger charge is 2.28. The van der Waals surface area contributed by atoms with E-state index in [0.29, 0.717) is 25.7 Å². The second kappa shape index (κ2) is 8.50. The van der Waals surface area contributed by atoms with Crippen LogP contribution in [-0.2, 0) is 10.0 Å². The first kappa shape index (κ1) is 20.0. The van der Waals surface area contributed by atoms with Gasteiger partial charge in [0.2, 0.25) is 15.7 Å². The summed E-state index contributed by atoms with van der Waals surface area (Å²) in [5, 5.41) is 9.03. The molecule has 10 heteroatoms. The van der Waals surface area contributed by atoms with Crippen LogP contribution in [0.4, 0.5) is 4.39 Å². The number of halogens is 1. The van der Waals surface area contributed by atoms with E-state index < -0.39 is 15.8 Å². The average molecular weight is 406 g/mol. The standard InChI is InChI=1S/C18H19FN4O4S/c1-26-17-7-6-14(10-15(17)19)28(24,25)23-12-2-4-13(5-3-12)27-18-16(11-20)21-8-9-22-18/h6-10,12-13,23H,2-5H2,1H3. The third-order valence-electron chi connectivity index (χ3n) is 4.48. The summed E-state index contributed by atoms with van der Waals surface area (Å²) in [5.74, 6) is -0.570. The van der Waals surface area contributed by atoms with E-state index >= 15 is 0 Å². The Hall–Kier alpha value is -2.77. The second-order valence-electron chi connectivity index (χ2n) is 6.33. The van der Waals surface area contributed by atoms with Crippen molar-refractivity contribution in [2.75, 3.05) is 7.11 Å². The molecule has 0 spiro atoms. The zero-order valence-corrected chi connectivity index (χ0v) is 15.9. The van der Waals surface area contributed by atoms with Gasteiger partial charge in [-0.05, 0) is 43.9 Å². The molecule has 0 aliphatic heterocycles. The Morgan fingerprint density at radius 2 is 1.93 bits per heavy atom. The van der Waals surface area contributed by atoms with E-state index in [1.165, 1.54) is 31.6 Å². The molecular weight excluding hydrogens is 387 g/mol. The quantitative estimate of drug-likeness (QED) is 0.782. The molecule has 1 fully saturated rings. The van der Waals surface area contributed by atoms with E-state index in [2.05, 4.69) is 14.7 Å². The molecule has 0 amide bonds. The fraction of sp³-hybridized carbons (Fsp3) is 0.389. The Morgan fingerprint density at radius 1 is 1.21 bits per heavy atom. The number of ether oxygens (including phenoxy) is 2. The van der Waals surface area contributed by atoms with Crippen molar-refractivity contribution in [3.63, 3.8) is 0 Å². The Morgan fingerprint density at radius 3 is 2.57 bits per heavy atom. The lowest BCUT2D eigenvalue weighted by Crippen LogP contribution is -2.39. The minimum absolute atomic E-state index is 0.0163. The number of hydrogen-bond donors (Lipinski definition) is 1. The number of nitriles is 1. The minimum atomic E-state index is -3.85. The summed E-state index contributed by atoms with van der Waals surface area (Å²) < 4.78 is 52.0. The Kier molecular flexibility index (Phi) is 6.06. The molecule has 0 radical (unpaired) electrons. The van der Waals surface area contributed by atoms with Gasteiger partial charge in [-0.2, -0.15) is 5.26 Å². The van der Waals surface area contributed by atoms with Crippen LogP contribution in [-0.4, -0.2) is 37.6 Å². The van der Waals surface area contributed by atoms with Crippen LogP contribution in [0.5, 0.6) is 11.6 Å². The van der Waals surface area contributed by atoms with Gasteiger partial charge in [0.25, 0.3) is 5.88 Å². The van der Waals surface area contributed by atoms with Crippen molar-refractivity contribution in [2.45, 2.75) is 42.7 Å². The highest BCUT2D eigenvalue weighted by molar-refractivity contribution is 7.89. The maximum atomic E-state index is 13.8. The van der Waals surface area contributed by atoms with Crippen molar-refractivity contribution in [1.82, 2.24) is 14.7 Å². The van der Waals surface area contributed by atoms with Crippen LogP contribution in [0.15, 0.2) is 35.5 Å². The topological polar surface area (TPSA) is 114 Å². The lowest BCUT2D eigenvalue weighted by molar-refractivity contribution is 0.137. The van der Waals surface area contributed by atoms with Gasteiger partial charge in [-0.15, -0.1) is 0 Å². The Labute approximate surface area is 162 Å². The van der Waals surface area contributed by atoms with Crippen LogP contribution in [0, 0.1) is 17.1 Å². The molecule has 1 heterocycles. The van der Waals surface area contributed by atoms with E-state index in [-0.39, 0.29) is 34.4 Å². The van der Waals surface area contributed by atoms with Gasteiger partial charge in [-0.25, -0.2) is 27.5 Å². The van der Waals surface area contributed by atoms with Crippen molar-refractivity contribution < 1.29 is 22.3 Å². The summed E-state index contributed by atoms with van der Waals surface area (Å²) >= 11 is 0. The monoisotopic (exact) mass is 406 g/mol. The number of nitrogens with zero attached hydrogens (tertiary/aromatic N) is 3. The molecule has 28 heavy (non-hydrogen) atoms. The number of rotatable bonds is 6. The molecule has 2 aromatic rings. The highest BCUT2D eigenvalue weighted by atomic mass is 32.2. The fourth-order valence-electron chi connectivity index (χ4n) is 3.05. The van der Waals surface area contributed by atoms with E-state index in [1.807, 2.05) is 6.07 Å². The van der Waals surface area contributed by atoms with E-state index in [1.54, 1.807) is 0 Å². The fourth-order valence-corrected chi connectivity index (χ4v) is 4.36. The predicted octanol–water partition coefficient (Wildman–Crippen LogP) is 2.16. The summed E-state index contributed by atoms with van der Waals surface area (Å²) in [6, 6.07) is 5.16. The molecule has 0 atom stereocenters. The average Bonchev–Trinajstić information content (AvgIpc) is 2.69. The molecule has 148 valence electrons. The Balaban J connectivity index is 1.59. The zero-order valence-electron chi connectivity index (χ0n) is 15.1. The van der Waals surface area contributed by atoms with E-state index in [4.69, 9.17) is 14.7 Å². The molecule has 1 N–H and O–H groups in total. The number of nitrogens with one attached hydrogen (secondary N) is 1. The number of methoxy groups -OCH3 is 1. The summed E-state index contributed by atoms with van der Waals surface area (Å²) in [4.78, 5) is 7.77. The molecule has 0 bridgehead atoms. The van der Waals surface area contributed by atoms with Gasteiger partial charge in [0.1, 0.15) is 12.2 Å². The first-order valence-electron chi connectivity index (χ1n) is 8.66. The van der Waals surface area contributed by atoms with E-state index in [9.17, 15) is 12.8 Å². The lowest BCUT2D eigenvalue weighted by Gasteiger charge is -2.29. The molecule has 1 aromatic heterocycles. The van der Waals surface area contributed by atoms with Gasteiger partial charge >= 0.3 is 0 Å². The lowest BCUT2D eigenvalue weighted by atomic mass is 9.94. The SMILES string of the molecule is COc1ccc(S(=O)(=O)NC2CCC(Oc3nccnc3C#N)CC2)cc1F. The molecule has 1 aliphatic carbocycles. The van der Waals surface area contributed by atoms with Crippen molar-refractivity contribution in [3.05, 3.63) is 42.1 Å². The molecule has 1 aliphatic rings. The molecule has 0 unspecified atom stereocenters. The molecular formula is C18H19FN4O4S. The minimum Gasteiger partial charge on any atom is -0.494 e.